The number of methoxy groups -OCH3 is 1. The van der Waals surface area contributed by atoms with Crippen LogP contribution in [0.25, 0.3) is 0 Å². The minimum Gasteiger partial charge on any atom is -0.492 e. The Morgan fingerprint density at radius 3 is 2.79 bits per heavy atom. The zero-order chi connectivity index (χ0) is 17.7. The summed E-state index contributed by atoms with van der Waals surface area (Å²) in [6.45, 7) is 4.00. The fourth-order valence-electron chi connectivity index (χ4n) is 1.92. The molecule has 1 aromatic heterocycles. The summed E-state index contributed by atoms with van der Waals surface area (Å²) in [6, 6.07) is 3.62. The summed E-state index contributed by atoms with van der Waals surface area (Å²) in [4.78, 5) is 12.2. The van der Waals surface area contributed by atoms with Gasteiger partial charge in [0.15, 0.2) is 11.5 Å². The van der Waals surface area contributed by atoms with Crippen LogP contribution in [-0.2, 0) is 0 Å². The van der Waals surface area contributed by atoms with Crippen LogP contribution < -0.4 is 15.0 Å². The standard InChI is InChI=1S/C15H17BrN4O3S/c1-5-23-12-7-10(6-11(16)13(12)22-3)8-17-20-14(21)9(2)18-19-15(20)24-4/h6-8H,5H2,1-4H3/b17-8-. The van der Waals surface area contributed by atoms with Gasteiger partial charge < -0.3 is 9.47 Å². The van der Waals surface area contributed by atoms with E-state index in [1.165, 1.54) is 16.4 Å². The number of aromatic nitrogens is 3. The lowest BCUT2D eigenvalue weighted by atomic mass is 10.2. The van der Waals surface area contributed by atoms with Crippen LogP contribution in [0, 0.1) is 6.92 Å². The van der Waals surface area contributed by atoms with Gasteiger partial charge in [-0.05, 0) is 53.7 Å². The molecule has 0 N–H and O–H groups in total. The Kier molecular flexibility index (Phi) is 6.38. The number of hydrogen-bond acceptors (Lipinski definition) is 7. The van der Waals surface area contributed by atoms with Crippen molar-refractivity contribution in [1.29, 1.82) is 0 Å². The number of aryl methyl sites for hydroxylation is 1. The van der Waals surface area contributed by atoms with Crippen molar-refractivity contribution in [2.45, 2.75) is 19.0 Å². The normalized spacial score (nSPS) is 11.0. The molecule has 0 saturated carbocycles. The number of nitrogens with zero attached hydrogens (tertiary/aromatic N) is 4. The van der Waals surface area contributed by atoms with Gasteiger partial charge in [0.25, 0.3) is 5.56 Å². The van der Waals surface area contributed by atoms with E-state index in [-0.39, 0.29) is 11.3 Å². The summed E-state index contributed by atoms with van der Waals surface area (Å²) in [5.41, 5.74) is 0.735. The van der Waals surface area contributed by atoms with Gasteiger partial charge in [-0.25, -0.2) is 0 Å². The highest BCUT2D eigenvalue weighted by Crippen LogP contribution is 2.36. The van der Waals surface area contributed by atoms with E-state index in [1.54, 1.807) is 26.3 Å². The molecule has 0 amide bonds. The number of benzene rings is 1. The first-order valence-corrected chi connectivity index (χ1v) is 9.08. The van der Waals surface area contributed by atoms with Crippen LogP contribution in [0.3, 0.4) is 0 Å². The number of halogens is 1. The van der Waals surface area contributed by atoms with Gasteiger partial charge in [-0.3, -0.25) is 4.79 Å². The van der Waals surface area contributed by atoms with Gasteiger partial charge in [0.1, 0.15) is 5.69 Å². The molecule has 0 aliphatic rings. The van der Waals surface area contributed by atoms with Crippen LogP contribution in [0.2, 0.25) is 0 Å². The zero-order valence-electron chi connectivity index (χ0n) is 13.7. The predicted octanol–water partition coefficient (Wildman–Crippen LogP) is 2.72. The lowest BCUT2D eigenvalue weighted by molar-refractivity contribution is 0.310. The molecule has 0 atom stereocenters. The molecule has 2 rings (SSSR count). The van der Waals surface area contributed by atoms with Crippen LogP contribution in [0.1, 0.15) is 18.2 Å². The first-order chi connectivity index (χ1) is 11.5. The van der Waals surface area contributed by atoms with E-state index in [1.807, 2.05) is 19.2 Å². The summed E-state index contributed by atoms with van der Waals surface area (Å²) < 4.78 is 12.9. The maximum absolute atomic E-state index is 12.2. The molecule has 2 aromatic rings. The van der Waals surface area contributed by atoms with E-state index in [0.29, 0.717) is 23.3 Å². The molecule has 1 heterocycles. The van der Waals surface area contributed by atoms with E-state index in [9.17, 15) is 4.79 Å². The first kappa shape index (κ1) is 18.5. The van der Waals surface area contributed by atoms with Crippen molar-refractivity contribution < 1.29 is 9.47 Å². The number of rotatable bonds is 6. The number of hydrogen-bond donors (Lipinski definition) is 0. The number of ether oxygens (including phenoxy) is 2. The quantitative estimate of drug-likeness (QED) is 0.535. The van der Waals surface area contributed by atoms with Crippen molar-refractivity contribution in [2.24, 2.45) is 5.10 Å². The summed E-state index contributed by atoms with van der Waals surface area (Å²) in [5, 5.41) is 12.4. The van der Waals surface area contributed by atoms with Gasteiger partial charge in [-0.15, -0.1) is 10.2 Å². The molecule has 0 unspecified atom stereocenters. The monoisotopic (exact) mass is 412 g/mol. The molecule has 0 aliphatic carbocycles. The Morgan fingerprint density at radius 1 is 1.42 bits per heavy atom. The smallest absolute Gasteiger partial charge is 0.296 e. The fraction of sp³-hybridized carbons (Fsp3) is 0.333. The molecule has 0 radical (unpaired) electrons. The van der Waals surface area contributed by atoms with E-state index < -0.39 is 0 Å². The summed E-state index contributed by atoms with van der Waals surface area (Å²) in [6.07, 6.45) is 3.37. The van der Waals surface area contributed by atoms with Crippen molar-refractivity contribution in [3.05, 3.63) is 38.2 Å². The topological polar surface area (TPSA) is 78.6 Å². The molecule has 1 aromatic carbocycles. The maximum Gasteiger partial charge on any atom is 0.296 e. The van der Waals surface area contributed by atoms with Gasteiger partial charge >= 0.3 is 0 Å². The zero-order valence-corrected chi connectivity index (χ0v) is 16.1. The van der Waals surface area contributed by atoms with Crippen molar-refractivity contribution in [3.63, 3.8) is 0 Å². The second kappa shape index (κ2) is 8.29. The van der Waals surface area contributed by atoms with E-state index in [2.05, 4.69) is 31.2 Å². The highest BCUT2D eigenvalue weighted by Gasteiger charge is 2.11. The summed E-state index contributed by atoms with van der Waals surface area (Å²) >= 11 is 4.74. The second-order valence-electron chi connectivity index (χ2n) is 4.60. The lowest BCUT2D eigenvalue weighted by Crippen LogP contribution is -2.23. The van der Waals surface area contributed by atoms with Gasteiger partial charge in [0.05, 0.1) is 24.4 Å². The Labute approximate surface area is 152 Å². The largest absolute Gasteiger partial charge is 0.492 e. The summed E-state index contributed by atoms with van der Waals surface area (Å²) in [7, 11) is 1.58. The fourth-order valence-corrected chi connectivity index (χ4v) is 2.97. The van der Waals surface area contributed by atoms with Crippen LogP contribution in [0.4, 0.5) is 0 Å². The van der Waals surface area contributed by atoms with Crippen molar-refractivity contribution >= 4 is 33.9 Å². The molecule has 0 bridgehead atoms. The van der Waals surface area contributed by atoms with E-state index in [0.717, 1.165) is 10.0 Å². The summed E-state index contributed by atoms with van der Waals surface area (Å²) in [5.74, 6) is 1.20. The van der Waals surface area contributed by atoms with Crippen LogP contribution >= 0.6 is 27.7 Å². The van der Waals surface area contributed by atoms with Gasteiger partial charge in [0, 0.05) is 0 Å². The average molecular weight is 413 g/mol. The molecule has 7 nitrogen and oxygen atoms in total. The third-order valence-electron chi connectivity index (χ3n) is 3.01. The molecule has 0 spiro atoms. The van der Waals surface area contributed by atoms with Gasteiger partial charge in [-0.1, -0.05) is 11.8 Å². The SMILES string of the molecule is CCOc1cc(/C=N\n2c(SC)nnc(C)c2=O)cc(Br)c1OC. The van der Waals surface area contributed by atoms with Crippen LogP contribution in [0.15, 0.2) is 31.7 Å². The minimum atomic E-state index is -0.303. The van der Waals surface area contributed by atoms with Crippen LogP contribution in [0.5, 0.6) is 11.5 Å². The van der Waals surface area contributed by atoms with E-state index >= 15 is 0 Å². The van der Waals surface area contributed by atoms with Crippen LogP contribution in [-0.4, -0.2) is 41.1 Å². The first-order valence-electron chi connectivity index (χ1n) is 7.06. The highest BCUT2D eigenvalue weighted by atomic mass is 79.9. The molecular formula is C15H17BrN4O3S. The minimum absolute atomic E-state index is 0.288. The Balaban J connectivity index is 2.47. The predicted molar refractivity (Wildman–Crippen MR) is 97.7 cm³/mol. The Morgan fingerprint density at radius 2 is 2.17 bits per heavy atom. The molecule has 24 heavy (non-hydrogen) atoms. The average Bonchev–Trinajstić information content (AvgIpc) is 2.56. The molecule has 0 saturated heterocycles. The lowest BCUT2D eigenvalue weighted by Gasteiger charge is -2.12. The van der Waals surface area contributed by atoms with Crippen molar-refractivity contribution in [2.75, 3.05) is 20.0 Å². The molecular weight excluding hydrogens is 396 g/mol. The Bertz CT molecular complexity index is 823. The van der Waals surface area contributed by atoms with Crippen molar-refractivity contribution in [1.82, 2.24) is 14.9 Å². The van der Waals surface area contributed by atoms with Gasteiger partial charge in [0.2, 0.25) is 5.16 Å². The van der Waals surface area contributed by atoms with E-state index in [4.69, 9.17) is 9.47 Å². The maximum atomic E-state index is 12.2. The third-order valence-corrected chi connectivity index (χ3v) is 4.22. The Hall–Kier alpha value is -1.87. The van der Waals surface area contributed by atoms with Crippen molar-refractivity contribution in [3.8, 4) is 11.5 Å². The van der Waals surface area contributed by atoms with Gasteiger partial charge in [-0.2, -0.15) is 9.78 Å². The molecule has 9 heteroatoms. The third kappa shape index (κ3) is 3.96. The molecule has 0 aliphatic heterocycles. The molecule has 0 fully saturated rings. The second-order valence-corrected chi connectivity index (χ2v) is 6.23. The number of thioether (sulfide) groups is 1. The highest BCUT2D eigenvalue weighted by molar-refractivity contribution is 9.10. The molecule has 128 valence electrons.